The minimum absolute atomic E-state index is 0.0145. The molecule has 2 aromatic carbocycles. The SMILES string of the molecule is CCC(=O)N(CC)c1ccc(-c2ccc(C(=O)CCc3cccnc3OC)cc2)cc1F. The number of hydrogen-bond acceptors (Lipinski definition) is 4. The molecule has 1 amide bonds. The Morgan fingerprint density at radius 2 is 1.75 bits per heavy atom. The molecule has 0 radical (unpaired) electrons. The van der Waals surface area contributed by atoms with E-state index in [1.807, 2.05) is 19.1 Å². The molecule has 6 heteroatoms. The molecule has 0 bridgehead atoms. The fourth-order valence-corrected chi connectivity index (χ4v) is 3.62. The third kappa shape index (κ3) is 5.19. The molecule has 0 unspecified atom stereocenters. The van der Waals surface area contributed by atoms with Crippen molar-refractivity contribution in [3.05, 3.63) is 77.7 Å². The van der Waals surface area contributed by atoms with Crippen LogP contribution in [-0.2, 0) is 11.2 Å². The lowest BCUT2D eigenvalue weighted by Gasteiger charge is -2.21. The zero-order chi connectivity index (χ0) is 23.1. The zero-order valence-electron chi connectivity index (χ0n) is 18.6. The van der Waals surface area contributed by atoms with E-state index in [2.05, 4.69) is 4.98 Å². The quantitative estimate of drug-likeness (QED) is 0.419. The molecule has 0 fully saturated rings. The monoisotopic (exact) mass is 434 g/mol. The Balaban J connectivity index is 1.72. The number of aromatic nitrogens is 1. The summed E-state index contributed by atoms with van der Waals surface area (Å²) in [6, 6.07) is 15.7. The standard InChI is InChI=1S/C26H27FN2O3/c1-4-25(31)29(5-2)23-14-12-21(17-22(23)27)18-8-10-19(11-9-18)24(30)15-13-20-7-6-16-28-26(20)32-3/h6-12,14,16-17H,4-5,13,15H2,1-3H3. The average Bonchev–Trinajstić information content (AvgIpc) is 2.83. The highest BCUT2D eigenvalue weighted by molar-refractivity contribution is 5.97. The predicted molar refractivity (Wildman–Crippen MR) is 124 cm³/mol. The van der Waals surface area contributed by atoms with Crippen LogP contribution in [0.1, 0.15) is 42.6 Å². The molecule has 0 atom stereocenters. The van der Waals surface area contributed by atoms with E-state index in [9.17, 15) is 14.0 Å². The first-order valence-corrected chi connectivity index (χ1v) is 10.7. The maximum atomic E-state index is 14.7. The first kappa shape index (κ1) is 23.1. The molecule has 3 aromatic rings. The van der Waals surface area contributed by atoms with E-state index in [0.29, 0.717) is 42.8 Å². The lowest BCUT2D eigenvalue weighted by atomic mass is 9.99. The second-order valence-corrected chi connectivity index (χ2v) is 7.33. The largest absolute Gasteiger partial charge is 0.481 e. The summed E-state index contributed by atoms with van der Waals surface area (Å²) < 4.78 is 20.0. The lowest BCUT2D eigenvalue weighted by Crippen LogP contribution is -2.30. The van der Waals surface area contributed by atoms with Crippen LogP contribution in [0, 0.1) is 5.82 Å². The van der Waals surface area contributed by atoms with Crippen molar-refractivity contribution in [3.8, 4) is 17.0 Å². The minimum Gasteiger partial charge on any atom is -0.481 e. The van der Waals surface area contributed by atoms with Gasteiger partial charge < -0.3 is 9.64 Å². The number of amides is 1. The van der Waals surface area contributed by atoms with Crippen molar-refractivity contribution in [1.82, 2.24) is 4.98 Å². The Morgan fingerprint density at radius 1 is 1.03 bits per heavy atom. The molecule has 1 heterocycles. The van der Waals surface area contributed by atoms with E-state index in [4.69, 9.17) is 4.74 Å². The van der Waals surface area contributed by atoms with Crippen LogP contribution >= 0.6 is 0 Å². The molecule has 32 heavy (non-hydrogen) atoms. The van der Waals surface area contributed by atoms with Crippen molar-refractivity contribution in [2.75, 3.05) is 18.6 Å². The highest BCUT2D eigenvalue weighted by Gasteiger charge is 2.17. The number of carbonyl (C=O) groups is 2. The molecule has 0 aliphatic heterocycles. The normalized spacial score (nSPS) is 10.6. The Kier molecular flexibility index (Phi) is 7.71. The molecule has 166 valence electrons. The van der Waals surface area contributed by atoms with Crippen LogP contribution in [0.15, 0.2) is 60.8 Å². The van der Waals surface area contributed by atoms with Crippen molar-refractivity contribution in [2.45, 2.75) is 33.1 Å². The molecule has 0 saturated heterocycles. The van der Waals surface area contributed by atoms with Crippen molar-refractivity contribution in [1.29, 1.82) is 0 Å². The fraction of sp³-hybridized carbons (Fsp3) is 0.269. The van der Waals surface area contributed by atoms with Crippen LogP contribution in [0.2, 0.25) is 0 Å². The number of Topliss-reactive ketones (excluding diaryl/α,β-unsaturated/α-hetero) is 1. The predicted octanol–water partition coefficient (Wildman–Crippen LogP) is 5.47. The number of nitrogens with zero attached hydrogens (tertiary/aromatic N) is 2. The van der Waals surface area contributed by atoms with E-state index in [1.165, 1.54) is 11.0 Å². The summed E-state index contributed by atoms with van der Waals surface area (Å²) in [6.07, 6.45) is 2.84. The van der Waals surface area contributed by atoms with Gasteiger partial charge in [-0.1, -0.05) is 43.3 Å². The van der Waals surface area contributed by atoms with Crippen LogP contribution in [0.25, 0.3) is 11.1 Å². The maximum absolute atomic E-state index is 14.7. The fourth-order valence-electron chi connectivity index (χ4n) is 3.62. The third-order valence-electron chi connectivity index (χ3n) is 5.36. The molecule has 0 aliphatic carbocycles. The Hall–Kier alpha value is -3.54. The van der Waals surface area contributed by atoms with Crippen LogP contribution < -0.4 is 9.64 Å². The number of benzene rings is 2. The Bertz CT molecular complexity index is 1100. The number of aryl methyl sites for hydroxylation is 1. The van der Waals surface area contributed by atoms with Gasteiger partial charge in [-0.15, -0.1) is 0 Å². The van der Waals surface area contributed by atoms with Gasteiger partial charge in [0.15, 0.2) is 5.78 Å². The number of pyridine rings is 1. The number of halogens is 1. The summed E-state index contributed by atoms with van der Waals surface area (Å²) in [7, 11) is 1.56. The molecule has 1 aromatic heterocycles. The van der Waals surface area contributed by atoms with Gasteiger partial charge in [0.1, 0.15) is 5.82 Å². The first-order chi connectivity index (χ1) is 15.5. The van der Waals surface area contributed by atoms with E-state index in [0.717, 1.165) is 11.1 Å². The Labute approximate surface area is 187 Å². The number of rotatable bonds is 9. The van der Waals surface area contributed by atoms with Gasteiger partial charge in [0.05, 0.1) is 12.8 Å². The molecule has 0 saturated carbocycles. The summed E-state index contributed by atoms with van der Waals surface area (Å²) in [5, 5.41) is 0. The van der Waals surface area contributed by atoms with Crippen molar-refractivity contribution < 1.29 is 18.7 Å². The van der Waals surface area contributed by atoms with Crippen molar-refractivity contribution >= 4 is 17.4 Å². The zero-order valence-corrected chi connectivity index (χ0v) is 18.6. The number of anilines is 1. The summed E-state index contributed by atoms with van der Waals surface area (Å²) in [6.45, 7) is 3.99. The van der Waals surface area contributed by atoms with Gasteiger partial charge in [0.25, 0.3) is 0 Å². The summed E-state index contributed by atoms with van der Waals surface area (Å²) in [5.74, 6) is -0.0216. The van der Waals surface area contributed by atoms with Crippen LogP contribution in [0.3, 0.4) is 0 Å². The number of carbonyl (C=O) groups excluding carboxylic acids is 2. The minimum atomic E-state index is -0.447. The molecule has 5 nitrogen and oxygen atoms in total. The van der Waals surface area contributed by atoms with Gasteiger partial charge in [-0.05, 0) is 42.7 Å². The smallest absolute Gasteiger partial charge is 0.226 e. The highest BCUT2D eigenvalue weighted by atomic mass is 19.1. The van der Waals surface area contributed by atoms with Gasteiger partial charge in [0.2, 0.25) is 11.8 Å². The molecular formula is C26H27FN2O3. The summed E-state index contributed by atoms with van der Waals surface area (Å²) in [4.78, 5) is 30.2. The van der Waals surface area contributed by atoms with E-state index in [-0.39, 0.29) is 17.4 Å². The molecule has 0 N–H and O–H groups in total. The topological polar surface area (TPSA) is 59.5 Å². The number of hydrogen-bond donors (Lipinski definition) is 0. The molecule has 3 rings (SSSR count). The van der Waals surface area contributed by atoms with Gasteiger partial charge in [0, 0.05) is 36.7 Å². The summed E-state index contributed by atoms with van der Waals surface area (Å²) >= 11 is 0. The van der Waals surface area contributed by atoms with Gasteiger partial charge in [-0.3, -0.25) is 9.59 Å². The average molecular weight is 435 g/mol. The second kappa shape index (κ2) is 10.7. The number of ketones is 1. The van der Waals surface area contributed by atoms with Crippen molar-refractivity contribution in [2.24, 2.45) is 0 Å². The second-order valence-electron chi connectivity index (χ2n) is 7.33. The van der Waals surface area contributed by atoms with Gasteiger partial charge in [-0.2, -0.15) is 0 Å². The van der Waals surface area contributed by atoms with Crippen LogP contribution in [0.5, 0.6) is 5.88 Å². The lowest BCUT2D eigenvalue weighted by molar-refractivity contribution is -0.118. The molecular weight excluding hydrogens is 407 g/mol. The molecule has 0 aliphatic rings. The molecule has 0 spiro atoms. The Morgan fingerprint density at radius 3 is 2.38 bits per heavy atom. The van der Waals surface area contributed by atoms with Crippen LogP contribution in [0.4, 0.5) is 10.1 Å². The van der Waals surface area contributed by atoms with Gasteiger partial charge >= 0.3 is 0 Å². The maximum Gasteiger partial charge on any atom is 0.226 e. The summed E-state index contributed by atoms with van der Waals surface area (Å²) in [5.41, 5.74) is 3.24. The van der Waals surface area contributed by atoms with Crippen LogP contribution in [-0.4, -0.2) is 30.3 Å². The van der Waals surface area contributed by atoms with Crippen molar-refractivity contribution in [3.63, 3.8) is 0 Å². The third-order valence-corrected chi connectivity index (χ3v) is 5.36. The van der Waals surface area contributed by atoms with E-state index >= 15 is 0 Å². The highest BCUT2D eigenvalue weighted by Crippen LogP contribution is 2.27. The van der Waals surface area contributed by atoms with E-state index in [1.54, 1.807) is 56.6 Å². The number of ether oxygens (including phenoxy) is 1. The van der Waals surface area contributed by atoms with Gasteiger partial charge in [-0.25, -0.2) is 9.37 Å². The number of methoxy groups -OCH3 is 1. The first-order valence-electron chi connectivity index (χ1n) is 10.7. The van der Waals surface area contributed by atoms with E-state index < -0.39 is 5.82 Å².